The van der Waals surface area contributed by atoms with E-state index in [1.165, 1.54) is 4.90 Å². The molecular weight excluding hydrogens is 323 g/mol. The van der Waals surface area contributed by atoms with E-state index in [-0.39, 0.29) is 24.9 Å². The van der Waals surface area contributed by atoms with Crippen LogP contribution in [-0.2, 0) is 15.0 Å². The fourth-order valence-electron chi connectivity index (χ4n) is 2.70. The molecule has 6 nitrogen and oxygen atoms in total. The molecule has 0 aliphatic carbocycles. The summed E-state index contributed by atoms with van der Waals surface area (Å²) < 4.78 is 40.3. The molecule has 1 amide bonds. The quantitative estimate of drug-likeness (QED) is 0.726. The maximum Gasteiger partial charge on any atom is 0.307 e. The topological polar surface area (TPSA) is 66.9 Å². The highest BCUT2D eigenvalue weighted by Crippen LogP contribution is 2.26. The molecule has 1 aliphatic heterocycles. The number of hydrogen-bond donors (Lipinski definition) is 0. The Morgan fingerprint density at radius 2 is 1.96 bits per heavy atom. The van der Waals surface area contributed by atoms with Crippen LogP contribution in [0.3, 0.4) is 0 Å². The average Bonchev–Trinajstić information content (AvgIpc) is 2.86. The summed E-state index contributed by atoms with van der Waals surface area (Å²) in [6.45, 7) is 0.211. The molecule has 1 aliphatic rings. The second-order valence-corrected chi connectivity index (χ2v) is 7.47. The summed E-state index contributed by atoms with van der Waals surface area (Å²) in [5, 5.41) is -1.26. The molecule has 2 atom stereocenters. The van der Waals surface area contributed by atoms with Gasteiger partial charge in [-0.05, 0) is 31.8 Å². The van der Waals surface area contributed by atoms with Crippen LogP contribution < -0.4 is 4.74 Å². The van der Waals surface area contributed by atoms with Gasteiger partial charge < -0.3 is 14.5 Å². The Morgan fingerprint density at radius 1 is 1.35 bits per heavy atom. The van der Waals surface area contributed by atoms with Crippen molar-refractivity contribution in [3.05, 3.63) is 29.8 Å². The summed E-state index contributed by atoms with van der Waals surface area (Å²) in [7, 11) is 0.639. The number of ether oxygens (including phenoxy) is 1. The zero-order valence-electron chi connectivity index (χ0n) is 13.4. The SMILES string of the molecule is COc1ccc(C(CN2CC(S(=O)(=O)F)CC2=O)N(C)C)cc1. The molecule has 0 bridgehead atoms. The lowest BCUT2D eigenvalue weighted by molar-refractivity contribution is -0.128. The number of rotatable bonds is 6. The minimum atomic E-state index is -4.69. The fraction of sp³-hybridized carbons (Fsp3) is 0.533. The van der Waals surface area contributed by atoms with E-state index in [1.807, 2.05) is 43.3 Å². The van der Waals surface area contributed by atoms with Crippen molar-refractivity contribution in [2.24, 2.45) is 0 Å². The third-order valence-corrected chi connectivity index (χ3v) is 5.21. The predicted octanol–water partition coefficient (Wildman–Crippen LogP) is 1.20. The fourth-order valence-corrected chi connectivity index (χ4v) is 3.40. The third-order valence-electron chi connectivity index (χ3n) is 4.09. The standard InChI is InChI=1S/C15H21FN2O4S/c1-17(2)14(11-4-6-12(22-3)7-5-11)10-18-9-13(8-15(18)19)23(16,20)21/h4-7,13-14H,8-10H2,1-3H3. The van der Waals surface area contributed by atoms with E-state index >= 15 is 0 Å². The lowest BCUT2D eigenvalue weighted by Crippen LogP contribution is -2.36. The van der Waals surface area contributed by atoms with Gasteiger partial charge in [-0.2, -0.15) is 8.42 Å². The van der Waals surface area contributed by atoms with Crippen molar-refractivity contribution < 1.29 is 21.8 Å². The van der Waals surface area contributed by atoms with Crippen molar-refractivity contribution in [2.45, 2.75) is 17.7 Å². The van der Waals surface area contributed by atoms with Crippen LogP contribution in [0.15, 0.2) is 24.3 Å². The Labute approximate surface area is 136 Å². The van der Waals surface area contributed by atoms with Crippen molar-refractivity contribution in [3.63, 3.8) is 0 Å². The second-order valence-electron chi connectivity index (χ2n) is 5.85. The molecule has 1 aromatic rings. The van der Waals surface area contributed by atoms with Gasteiger partial charge in [0.15, 0.2) is 0 Å². The van der Waals surface area contributed by atoms with Crippen molar-refractivity contribution in [1.29, 1.82) is 0 Å². The van der Waals surface area contributed by atoms with Gasteiger partial charge in [0, 0.05) is 19.5 Å². The molecule has 8 heteroatoms. The number of nitrogens with zero attached hydrogens (tertiary/aromatic N) is 2. The van der Waals surface area contributed by atoms with Gasteiger partial charge in [0.1, 0.15) is 11.0 Å². The van der Waals surface area contributed by atoms with Crippen LogP contribution in [0.2, 0.25) is 0 Å². The highest BCUT2D eigenvalue weighted by Gasteiger charge is 2.39. The smallest absolute Gasteiger partial charge is 0.307 e. The maximum atomic E-state index is 13.1. The number of amides is 1. The van der Waals surface area contributed by atoms with Crippen molar-refractivity contribution in [1.82, 2.24) is 9.80 Å². The molecule has 128 valence electrons. The van der Waals surface area contributed by atoms with E-state index in [9.17, 15) is 17.1 Å². The molecule has 2 unspecified atom stereocenters. The van der Waals surface area contributed by atoms with E-state index in [4.69, 9.17) is 4.74 Å². The first-order chi connectivity index (χ1) is 10.7. The molecule has 0 aromatic heterocycles. The van der Waals surface area contributed by atoms with Gasteiger partial charge in [0.2, 0.25) is 5.91 Å². The van der Waals surface area contributed by atoms with Gasteiger partial charge in [-0.15, -0.1) is 3.89 Å². The molecule has 1 heterocycles. The normalized spacial score (nSPS) is 20.1. The summed E-state index contributed by atoms with van der Waals surface area (Å²) in [5.41, 5.74) is 0.968. The van der Waals surface area contributed by atoms with Crippen LogP contribution in [0.1, 0.15) is 18.0 Å². The average molecular weight is 344 g/mol. The van der Waals surface area contributed by atoms with E-state index in [2.05, 4.69) is 0 Å². The Hall–Kier alpha value is -1.67. The Balaban J connectivity index is 2.15. The summed E-state index contributed by atoms with van der Waals surface area (Å²) in [5.74, 6) is 0.392. The first kappa shape index (κ1) is 17.7. The van der Waals surface area contributed by atoms with Gasteiger partial charge in [-0.25, -0.2) is 0 Å². The van der Waals surface area contributed by atoms with E-state index in [0.717, 1.165) is 11.3 Å². The van der Waals surface area contributed by atoms with Gasteiger partial charge in [0.25, 0.3) is 0 Å². The summed E-state index contributed by atoms with van der Waals surface area (Å²) >= 11 is 0. The monoisotopic (exact) mass is 344 g/mol. The molecule has 0 saturated carbocycles. The largest absolute Gasteiger partial charge is 0.497 e. The number of likely N-dealkylation sites (tertiary alicyclic amines) is 1. The number of methoxy groups -OCH3 is 1. The van der Waals surface area contributed by atoms with Gasteiger partial charge in [-0.3, -0.25) is 4.79 Å². The molecule has 1 aromatic carbocycles. The zero-order chi connectivity index (χ0) is 17.2. The maximum absolute atomic E-state index is 13.1. The van der Waals surface area contributed by atoms with E-state index in [1.54, 1.807) is 7.11 Å². The van der Waals surface area contributed by atoms with Crippen LogP contribution in [-0.4, -0.2) is 63.7 Å². The Kier molecular flexibility index (Phi) is 5.26. The molecule has 0 N–H and O–H groups in total. The molecule has 1 fully saturated rings. The van der Waals surface area contributed by atoms with Crippen molar-refractivity contribution in [2.75, 3.05) is 34.3 Å². The molecule has 2 rings (SSSR count). The molecule has 23 heavy (non-hydrogen) atoms. The van der Waals surface area contributed by atoms with Crippen molar-refractivity contribution >= 4 is 16.1 Å². The number of benzene rings is 1. The minimum absolute atomic E-state index is 0.0990. The predicted molar refractivity (Wildman–Crippen MR) is 84.4 cm³/mol. The van der Waals surface area contributed by atoms with Crippen LogP contribution in [0.5, 0.6) is 5.75 Å². The van der Waals surface area contributed by atoms with E-state index in [0.29, 0.717) is 6.54 Å². The highest BCUT2D eigenvalue weighted by molar-refractivity contribution is 7.87. The summed E-state index contributed by atoms with van der Waals surface area (Å²) in [6.07, 6.45) is -0.290. The van der Waals surface area contributed by atoms with Crippen molar-refractivity contribution in [3.8, 4) is 5.75 Å². The van der Waals surface area contributed by atoms with Gasteiger partial charge in [0.05, 0.1) is 13.2 Å². The highest BCUT2D eigenvalue weighted by atomic mass is 32.3. The van der Waals surface area contributed by atoms with E-state index < -0.39 is 15.5 Å². The van der Waals surface area contributed by atoms with Crippen LogP contribution >= 0.6 is 0 Å². The number of carbonyl (C=O) groups excluding carboxylic acids is 1. The molecule has 0 spiro atoms. The van der Waals surface area contributed by atoms with Gasteiger partial charge >= 0.3 is 10.2 Å². The lowest BCUT2D eigenvalue weighted by Gasteiger charge is -2.29. The second kappa shape index (κ2) is 6.84. The van der Waals surface area contributed by atoms with Crippen LogP contribution in [0.25, 0.3) is 0 Å². The zero-order valence-corrected chi connectivity index (χ0v) is 14.2. The number of halogens is 1. The molecule has 0 radical (unpaired) electrons. The van der Waals surface area contributed by atoms with Gasteiger partial charge in [-0.1, -0.05) is 12.1 Å². The number of likely N-dealkylation sites (N-methyl/N-ethyl adjacent to an activating group) is 1. The lowest BCUT2D eigenvalue weighted by atomic mass is 10.1. The number of hydrogen-bond acceptors (Lipinski definition) is 5. The van der Waals surface area contributed by atoms with Crippen LogP contribution in [0.4, 0.5) is 3.89 Å². The number of carbonyl (C=O) groups is 1. The minimum Gasteiger partial charge on any atom is -0.497 e. The first-order valence-electron chi connectivity index (χ1n) is 7.24. The third kappa shape index (κ3) is 4.20. The Morgan fingerprint density at radius 3 is 2.39 bits per heavy atom. The molecular formula is C15H21FN2O4S. The first-order valence-corrected chi connectivity index (χ1v) is 8.68. The summed E-state index contributed by atoms with van der Waals surface area (Å²) in [4.78, 5) is 15.3. The Bertz CT molecular complexity index is 661. The molecule has 1 saturated heterocycles. The van der Waals surface area contributed by atoms with Crippen LogP contribution in [0, 0.1) is 0 Å². The summed E-state index contributed by atoms with van der Waals surface area (Å²) in [6, 6.07) is 7.32.